The zero-order valence-electron chi connectivity index (χ0n) is 18.3. The fourth-order valence-electron chi connectivity index (χ4n) is 2.75. The summed E-state index contributed by atoms with van der Waals surface area (Å²) < 4.78 is 16.2. The van der Waals surface area contributed by atoms with Crippen molar-refractivity contribution in [2.45, 2.75) is 13.8 Å². The number of aryl methyl sites for hydroxylation is 1. The Hall–Kier alpha value is -4.25. The molecule has 1 N–H and O–H groups in total. The highest BCUT2D eigenvalue weighted by molar-refractivity contribution is 7.12. The van der Waals surface area contributed by atoms with Crippen molar-refractivity contribution in [1.82, 2.24) is 5.43 Å². The van der Waals surface area contributed by atoms with E-state index >= 15 is 0 Å². The number of carbonyl (C=O) groups excluding carboxylic acids is 2. The minimum absolute atomic E-state index is 0.0104. The first-order chi connectivity index (χ1) is 16.4. The SMILES string of the molecule is CCOc1cc(/C=N/NC(=O)COc2ccc(C)cc2[N+](=O)[O-])ccc1OC(=O)c1cccs1. The molecule has 0 aliphatic rings. The number of benzene rings is 2. The molecule has 0 aliphatic heterocycles. The number of carbonyl (C=O) groups is 2. The summed E-state index contributed by atoms with van der Waals surface area (Å²) in [7, 11) is 0. The van der Waals surface area contributed by atoms with Crippen molar-refractivity contribution < 1.29 is 28.7 Å². The van der Waals surface area contributed by atoms with E-state index in [2.05, 4.69) is 10.5 Å². The Labute approximate surface area is 198 Å². The molecule has 0 saturated heterocycles. The molecule has 0 unspecified atom stereocenters. The number of ether oxygens (including phenoxy) is 3. The lowest BCUT2D eigenvalue weighted by Gasteiger charge is -2.10. The molecule has 0 spiro atoms. The fraction of sp³-hybridized carbons (Fsp3) is 0.174. The molecule has 0 saturated carbocycles. The number of nitrogens with zero attached hydrogens (tertiary/aromatic N) is 2. The molecule has 2 aromatic carbocycles. The van der Waals surface area contributed by atoms with Crippen LogP contribution < -0.4 is 19.6 Å². The molecular formula is C23H21N3O7S. The van der Waals surface area contributed by atoms with E-state index in [-0.39, 0.29) is 17.2 Å². The van der Waals surface area contributed by atoms with Gasteiger partial charge in [0, 0.05) is 6.07 Å². The molecule has 34 heavy (non-hydrogen) atoms. The Bertz CT molecular complexity index is 1210. The van der Waals surface area contributed by atoms with Crippen LogP contribution in [0, 0.1) is 17.0 Å². The van der Waals surface area contributed by atoms with E-state index in [0.29, 0.717) is 28.4 Å². The predicted octanol–water partition coefficient (Wildman–Crippen LogP) is 4.11. The number of hydrogen-bond donors (Lipinski definition) is 1. The van der Waals surface area contributed by atoms with Crippen molar-refractivity contribution in [2.75, 3.05) is 13.2 Å². The number of esters is 1. The van der Waals surface area contributed by atoms with Gasteiger partial charge in [0.1, 0.15) is 4.88 Å². The quantitative estimate of drug-likeness (QED) is 0.151. The van der Waals surface area contributed by atoms with E-state index in [1.165, 1.54) is 29.7 Å². The average Bonchev–Trinajstić information content (AvgIpc) is 3.35. The summed E-state index contributed by atoms with van der Waals surface area (Å²) >= 11 is 1.27. The van der Waals surface area contributed by atoms with Gasteiger partial charge in [-0.1, -0.05) is 12.1 Å². The summed E-state index contributed by atoms with van der Waals surface area (Å²) in [5, 5.41) is 16.8. The standard InChI is InChI=1S/C23H21N3O7S/c1-3-31-20-12-16(7-9-19(20)33-23(28)21-5-4-10-34-21)13-24-25-22(27)14-32-18-8-6-15(2)11-17(18)26(29)30/h4-13H,3,14H2,1-2H3,(H,25,27)/b24-13+. The summed E-state index contributed by atoms with van der Waals surface area (Å²) in [5.74, 6) is -0.493. The van der Waals surface area contributed by atoms with Gasteiger partial charge >= 0.3 is 11.7 Å². The first-order valence-corrected chi connectivity index (χ1v) is 11.0. The number of amides is 1. The summed E-state index contributed by atoms with van der Waals surface area (Å²) in [6.45, 7) is 3.41. The molecule has 1 amide bonds. The highest BCUT2D eigenvalue weighted by Crippen LogP contribution is 2.29. The third-order valence-electron chi connectivity index (χ3n) is 4.27. The molecule has 0 radical (unpaired) electrons. The van der Waals surface area contributed by atoms with Crippen LogP contribution >= 0.6 is 11.3 Å². The summed E-state index contributed by atoms with van der Waals surface area (Å²) in [4.78, 5) is 35.2. The van der Waals surface area contributed by atoms with E-state index in [1.54, 1.807) is 55.6 Å². The fourth-order valence-corrected chi connectivity index (χ4v) is 3.35. The number of nitro groups is 1. The summed E-state index contributed by atoms with van der Waals surface area (Å²) in [6, 6.07) is 12.7. The summed E-state index contributed by atoms with van der Waals surface area (Å²) in [5.41, 5.74) is 3.35. The summed E-state index contributed by atoms with van der Waals surface area (Å²) in [6.07, 6.45) is 1.37. The van der Waals surface area contributed by atoms with Crippen molar-refractivity contribution in [3.63, 3.8) is 0 Å². The maximum absolute atomic E-state index is 12.2. The molecule has 1 aromatic heterocycles. The Morgan fingerprint density at radius 2 is 1.91 bits per heavy atom. The van der Waals surface area contributed by atoms with Crippen LogP contribution in [0.1, 0.15) is 27.7 Å². The third kappa shape index (κ3) is 6.62. The molecule has 176 valence electrons. The Morgan fingerprint density at radius 3 is 2.62 bits per heavy atom. The molecule has 3 aromatic rings. The van der Waals surface area contributed by atoms with Crippen molar-refractivity contribution in [3.8, 4) is 17.2 Å². The number of nitrogens with one attached hydrogen (secondary N) is 1. The van der Waals surface area contributed by atoms with Crippen LogP contribution in [-0.4, -0.2) is 36.2 Å². The Kier molecular flexibility index (Phi) is 8.30. The monoisotopic (exact) mass is 483 g/mol. The molecule has 0 fully saturated rings. The van der Waals surface area contributed by atoms with Gasteiger partial charge in [-0.2, -0.15) is 5.10 Å². The van der Waals surface area contributed by atoms with Crippen LogP contribution in [0.15, 0.2) is 59.0 Å². The van der Waals surface area contributed by atoms with Crippen LogP contribution in [0.5, 0.6) is 17.2 Å². The molecule has 3 rings (SSSR count). The molecule has 0 bridgehead atoms. The number of hydrogen-bond acceptors (Lipinski definition) is 9. The van der Waals surface area contributed by atoms with Crippen molar-refractivity contribution in [1.29, 1.82) is 0 Å². The molecule has 11 heteroatoms. The van der Waals surface area contributed by atoms with Gasteiger partial charge in [-0.05, 0) is 60.7 Å². The second kappa shape index (κ2) is 11.6. The largest absolute Gasteiger partial charge is 0.490 e. The van der Waals surface area contributed by atoms with Crippen LogP contribution in [0.2, 0.25) is 0 Å². The number of thiophene rings is 1. The third-order valence-corrected chi connectivity index (χ3v) is 5.12. The first kappa shape index (κ1) is 24.4. The van der Waals surface area contributed by atoms with E-state index in [4.69, 9.17) is 14.2 Å². The van der Waals surface area contributed by atoms with Crippen molar-refractivity contribution in [3.05, 3.63) is 80.0 Å². The van der Waals surface area contributed by atoms with Crippen LogP contribution in [0.25, 0.3) is 0 Å². The zero-order valence-corrected chi connectivity index (χ0v) is 19.2. The predicted molar refractivity (Wildman–Crippen MR) is 126 cm³/mol. The highest BCUT2D eigenvalue weighted by atomic mass is 32.1. The van der Waals surface area contributed by atoms with Gasteiger partial charge in [-0.25, -0.2) is 10.2 Å². The van der Waals surface area contributed by atoms with Gasteiger partial charge < -0.3 is 14.2 Å². The van der Waals surface area contributed by atoms with Crippen LogP contribution in [0.4, 0.5) is 5.69 Å². The topological polar surface area (TPSA) is 129 Å². The van der Waals surface area contributed by atoms with Crippen LogP contribution in [-0.2, 0) is 4.79 Å². The molecule has 10 nitrogen and oxygen atoms in total. The van der Waals surface area contributed by atoms with Gasteiger partial charge in [0.05, 0.1) is 17.7 Å². The Morgan fingerprint density at radius 1 is 1.12 bits per heavy atom. The lowest BCUT2D eigenvalue weighted by molar-refractivity contribution is -0.385. The van der Waals surface area contributed by atoms with Crippen LogP contribution in [0.3, 0.4) is 0 Å². The molecule has 1 heterocycles. The van der Waals surface area contributed by atoms with E-state index in [0.717, 1.165) is 0 Å². The second-order valence-electron chi connectivity index (χ2n) is 6.82. The number of hydrazone groups is 1. The van der Waals surface area contributed by atoms with E-state index < -0.39 is 23.4 Å². The maximum Gasteiger partial charge on any atom is 0.353 e. The average molecular weight is 484 g/mol. The lowest BCUT2D eigenvalue weighted by Crippen LogP contribution is -2.24. The van der Waals surface area contributed by atoms with Gasteiger partial charge in [0.15, 0.2) is 23.9 Å². The van der Waals surface area contributed by atoms with E-state index in [9.17, 15) is 19.7 Å². The zero-order chi connectivity index (χ0) is 24.5. The molecular weight excluding hydrogens is 462 g/mol. The van der Waals surface area contributed by atoms with Gasteiger partial charge in [0.2, 0.25) is 0 Å². The van der Waals surface area contributed by atoms with E-state index in [1.807, 2.05) is 0 Å². The van der Waals surface area contributed by atoms with Crippen molar-refractivity contribution >= 4 is 35.1 Å². The van der Waals surface area contributed by atoms with Gasteiger partial charge in [0.25, 0.3) is 5.91 Å². The smallest absolute Gasteiger partial charge is 0.353 e. The second-order valence-corrected chi connectivity index (χ2v) is 7.76. The lowest BCUT2D eigenvalue weighted by atomic mass is 10.2. The molecule has 0 atom stereocenters. The maximum atomic E-state index is 12.2. The van der Waals surface area contributed by atoms with Gasteiger partial charge in [-0.15, -0.1) is 11.3 Å². The Balaban J connectivity index is 1.59. The minimum Gasteiger partial charge on any atom is -0.490 e. The number of rotatable bonds is 10. The van der Waals surface area contributed by atoms with Gasteiger partial charge in [-0.3, -0.25) is 14.9 Å². The number of nitro benzene ring substituents is 1. The first-order valence-electron chi connectivity index (χ1n) is 10.1. The molecule has 0 aliphatic carbocycles. The van der Waals surface area contributed by atoms with Crippen molar-refractivity contribution in [2.24, 2.45) is 5.10 Å². The minimum atomic E-state index is -0.599. The highest BCUT2D eigenvalue weighted by Gasteiger charge is 2.16. The normalized spacial score (nSPS) is 10.6.